The second kappa shape index (κ2) is 9.32. The standard InChI is InChI=1S/C24H19BrN2O2S/c1-16-22(15-30-19-7-3-2-4-8-19)27-24(29-16)18-13-11-17(12-14-18)23(28)26-21-10-6-5-9-20(21)25/h2-14H,15H2,1H3,(H,26,28). The number of anilines is 1. The molecule has 1 aromatic heterocycles. The molecule has 6 heteroatoms. The minimum absolute atomic E-state index is 0.169. The van der Waals surface area contributed by atoms with Crippen LogP contribution in [0.5, 0.6) is 0 Å². The number of hydrogen-bond acceptors (Lipinski definition) is 4. The van der Waals surface area contributed by atoms with Crippen LogP contribution < -0.4 is 5.32 Å². The monoisotopic (exact) mass is 478 g/mol. The smallest absolute Gasteiger partial charge is 0.255 e. The Morgan fingerprint density at radius 2 is 1.70 bits per heavy atom. The number of thioether (sulfide) groups is 1. The molecule has 4 aromatic rings. The zero-order chi connectivity index (χ0) is 20.9. The number of oxazole rings is 1. The van der Waals surface area contributed by atoms with Gasteiger partial charge in [0.25, 0.3) is 5.91 Å². The summed E-state index contributed by atoms with van der Waals surface area (Å²) < 4.78 is 6.71. The Kier molecular flexibility index (Phi) is 6.35. The summed E-state index contributed by atoms with van der Waals surface area (Å²) in [7, 11) is 0. The number of carbonyl (C=O) groups excluding carboxylic acids is 1. The van der Waals surface area contributed by atoms with E-state index in [2.05, 4.69) is 38.4 Å². The Bertz CT molecular complexity index is 1160. The SMILES string of the molecule is Cc1oc(-c2ccc(C(=O)Nc3ccccc3Br)cc2)nc1CSc1ccccc1. The average Bonchev–Trinajstić information content (AvgIpc) is 3.15. The summed E-state index contributed by atoms with van der Waals surface area (Å²) in [5, 5.41) is 2.90. The van der Waals surface area contributed by atoms with Crippen LogP contribution in [-0.4, -0.2) is 10.9 Å². The number of aryl methyl sites for hydroxylation is 1. The highest BCUT2D eigenvalue weighted by molar-refractivity contribution is 9.10. The molecule has 1 N–H and O–H groups in total. The van der Waals surface area contributed by atoms with Gasteiger partial charge in [0.1, 0.15) is 5.76 Å². The minimum atomic E-state index is -0.169. The van der Waals surface area contributed by atoms with Gasteiger partial charge in [-0.25, -0.2) is 4.98 Å². The number of carbonyl (C=O) groups is 1. The zero-order valence-corrected chi connectivity index (χ0v) is 18.7. The Morgan fingerprint density at radius 3 is 2.43 bits per heavy atom. The lowest BCUT2D eigenvalue weighted by Gasteiger charge is -2.07. The quantitative estimate of drug-likeness (QED) is 0.304. The van der Waals surface area contributed by atoms with Crippen molar-refractivity contribution in [2.45, 2.75) is 17.6 Å². The van der Waals surface area contributed by atoms with Crippen LogP contribution >= 0.6 is 27.7 Å². The molecule has 0 aliphatic heterocycles. The third-order valence-corrected chi connectivity index (χ3v) is 6.24. The highest BCUT2D eigenvalue weighted by Crippen LogP contribution is 2.28. The van der Waals surface area contributed by atoms with Gasteiger partial charge in [-0.1, -0.05) is 30.3 Å². The summed E-state index contributed by atoms with van der Waals surface area (Å²) in [5.74, 6) is 1.95. The van der Waals surface area contributed by atoms with Crippen LogP contribution in [0.15, 0.2) is 92.6 Å². The number of benzene rings is 3. The van der Waals surface area contributed by atoms with Crippen molar-refractivity contribution in [3.8, 4) is 11.5 Å². The summed E-state index contributed by atoms with van der Waals surface area (Å²) in [6.45, 7) is 1.93. The number of aromatic nitrogens is 1. The van der Waals surface area contributed by atoms with E-state index in [0.29, 0.717) is 11.5 Å². The Labute approximate surface area is 187 Å². The molecule has 0 aliphatic rings. The second-order valence-corrected chi connectivity index (χ2v) is 8.54. The molecule has 0 bridgehead atoms. The number of nitrogens with one attached hydrogen (secondary N) is 1. The number of amides is 1. The maximum atomic E-state index is 12.5. The lowest BCUT2D eigenvalue weighted by atomic mass is 10.1. The van der Waals surface area contributed by atoms with Gasteiger partial charge in [-0.2, -0.15) is 0 Å². The van der Waals surface area contributed by atoms with Crippen LogP contribution in [0.25, 0.3) is 11.5 Å². The van der Waals surface area contributed by atoms with Crippen molar-refractivity contribution >= 4 is 39.3 Å². The summed E-state index contributed by atoms with van der Waals surface area (Å²) in [6.07, 6.45) is 0. The van der Waals surface area contributed by atoms with Crippen LogP contribution in [0, 0.1) is 6.92 Å². The average molecular weight is 479 g/mol. The summed E-state index contributed by atoms with van der Waals surface area (Å²) >= 11 is 5.16. The predicted molar refractivity (Wildman–Crippen MR) is 125 cm³/mol. The number of nitrogens with zero attached hydrogens (tertiary/aromatic N) is 1. The highest BCUT2D eigenvalue weighted by atomic mass is 79.9. The number of hydrogen-bond donors (Lipinski definition) is 1. The molecule has 1 amide bonds. The maximum Gasteiger partial charge on any atom is 0.255 e. The molecule has 30 heavy (non-hydrogen) atoms. The van der Waals surface area contributed by atoms with Gasteiger partial charge in [-0.05, 0) is 71.4 Å². The molecular weight excluding hydrogens is 460 g/mol. The molecular formula is C24H19BrN2O2S. The van der Waals surface area contributed by atoms with Crippen molar-refractivity contribution in [2.24, 2.45) is 0 Å². The summed E-state index contributed by atoms with van der Waals surface area (Å²) in [4.78, 5) is 18.4. The second-order valence-electron chi connectivity index (χ2n) is 6.63. The molecule has 0 atom stereocenters. The third-order valence-electron chi connectivity index (χ3n) is 4.53. The highest BCUT2D eigenvalue weighted by Gasteiger charge is 2.13. The van der Waals surface area contributed by atoms with E-state index in [1.54, 1.807) is 23.9 Å². The van der Waals surface area contributed by atoms with Crippen molar-refractivity contribution in [3.63, 3.8) is 0 Å². The van der Waals surface area contributed by atoms with Gasteiger partial charge in [0.2, 0.25) is 5.89 Å². The van der Waals surface area contributed by atoms with Crippen LogP contribution in [0.4, 0.5) is 5.69 Å². The maximum absolute atomic E-state index is 12.5. The molecule has 0 spiro atoms. The lowest BCUT2D eigenvalue weighted by molar-refractivity contribution is 0.102. The molecule has 150 valence electrons. The first-order valence-electron chi connectivity index (χ1n) is 9.40. The Balaban J connectivity index is 1.45. The van der Waals surface area contributed by atoms with Gasteiger partial charge < -0.3 is 9.73 Å². The van der Waals surface area contributed by atoms with Crippen LogP contribution in [0.2, 0.25) is 0 Å². The van der Waals surface area contributed by atoms with E-state index in [0.717, 1.165) is 32.9 Å². The first-order valence-corrected chi connectivity index (χ1v) is 11.2. The lowest BCUT2D eigenvalue weighted by Crippen LogP contribution is -2.12. The molecule has 0 aliphatic carbocycles. The van der Waals surface area contributed by atoms with Gasteiger partial charge in [-0.15, -0.1) is 11.8 Å². The third kappa shape index (κ3) is 4.83. The fraction of sp³-hybridized carbons (Fsp3) is 0.0833. The van der Waals surface area contributed by atoms with Gasteiger partial charge in [0.15, 0.2) is 0 Å². The molecule has 4 rings (SSSR count). The number of rotatable bonds is 6. The van der Waals surface area contributed by atoms with Crippen LogP contribution in [-0.2, 0) is 5.75 Å². The minimum Gasteiger partial charge on any atom is -0.441 e. The van der Waals surface area contributed by atoms with Crippen molar-refractivity contribution in [1.82, 2.24) is 4.98 Å². The molecule has 4 nitrogen and oxygen atoms in total. The predicted octanol–water partition coefficient (Wildman–Crippen LogP) is 6.96. The van der Waals surface area contributed by atoms with Crippen molar-refractivity contribution in [1.29, 1.82) is 0 Å². The molecule has 0 saturated carbocycles. The van der Waals surface area contributed by atoms with Crippen molar-refractivity contribution in [3.05, 3.63) is 100 Å². The van der Waals surface area contributed by atoms with Crippen LogP contribution in [0.3, 0.4) is 0 Å². The van der Waals surface area contributed by atoms with E-state index in [-0.39, 0.29) is 5.91 Å². The van der Waals surface area contributed by atoms with E-state index >= 15 is 0 Å². The Hall–Kier alpha value is -2.83. The van der Waals surface area contributed by atoms with Crippen LogP contribution in [0.1, 0.15) is 21.8 Å². The molecule has 0 fully saturated rings. The Morgan fingerprint density at radius 1 is 1.00 bits per heavy atom. The van der Waals surface area contributed by atoms with Gasteiger partial charge in [-0.3, -0.25) is 4.79 Å². The molecule has 1 heterocycles. The molecule has 0 unspecified atom stereocenters. The molecule has 0 saturated heterocycles. The van der Waals surface area contributed by atoms with Gasteiger partial charge in [0, 0.05) is 26.2 Å². The first-order chi connectivity index (χ1) is 14.6. The fourth-order valence-corrected chi connectivity index (χ4v) is 4.18. The van der Waals surface area contributed by atoms with E-state index in [4.69, 9.17) is 4.42 Å². The molecule has 0 radical (unpaired) electrons. The largest absolute Gasteiger partial charge is 0.441 e. The van der Waals surface area contributed by atoms with E-state index in [1.807, 2.05) is 61.5 Å². The van der Waals surface area contributed by atoms with E-state index in [9.17, 15) is 4.79 Å². The summed E-state index contributed by atoms with van der Waals surface area (Å²) in [5.41, 5.74) is 3.06. The zero-order valence-electron chi connectivity index (χ0n) is 16.3. The van der Waals surface area contributed by atoms with Gasteiger partial charge >= 0.3 is 0 Å². The topological polar surface area (TPSA) is 55.1 Å². The van der Waals surface area contributed by atoms with E-state index in [1.165, 1.54) is 4.90 Å². The fourth-order valence-electron chi connectivity index (χ4n) is 2.88. The first kappa shape index (κ1) is 20.4. The number of halogens is 1. The number of para-hydroxylation sites is 1. The molecule has 3 aromatic carbocycles. The van der Waals surface area contributed by atoms with Crippen molar-refractivity contribution < 1.29 is 9.21 Å². The van der Waals surface area contributed by atoms with Crippen molar-refractivity contribution in [2.75, 3.05) is 5.32 Å². The van der Waals surface area contributed by atoms with Gasteiger partial charge in [0.05, 0.1) is 11.4 Å². The van der Waals surface area contributed by atoms with E-state index < -0.39 is 0 Å². The normalized spacial score (nSPS) is 10.7. The summed E-state index contributed by atoms with van der Waals surface area (Å²) in [6, 6.07) is 25.0.